The summed E-state index contributed by atoms with van der Waals surface area (Å²) in [6.45, 7) is 5.58. The molecule has 0 aliphatic carbocycles. The van der Waals surface area contributed by atoms with E-state index in [1.807, 2.05) is 6.92 Å². The van der Waals surface area contributed by atoms with Crippen molar-refractivity contribution in [1.29, 1.82) is 0 Å². The highest BCUT2D eigenvalue weighted by Crippen LogP contribution is 2.30. The Balaban J connectivity index is 1.52. The lowest BCUT2D eigenvalue weighted by Gasteiger charge is -2.13. The van der Waals surface area contributed by atoms with E-state index in [1.54, 1.807) is 26.0 Å². The van der Waals surface area contributed by atoms with Crippen LogP contribution in [-0.2, 0) is 6.61 Å². The molecule has 0 saturated heterocycles. The minimum atomic E-state index is -0.593. The highest BCUT2D eigenvalue weighted by molar-refractivity contribution is 6.04. The average molecular weight is 452 g/mol. The minimum absolute atomic E-state index is 0.00917. The molecule has 0 spiro atoms. The minimum Gasteiger partial charge on any atom is -0.493 e. The second kappa shape index (κ2) is 9.07. The van der Waals surface area contributed by atoms with Gasteiger partial charge in [0, 0.05) is 5.56 Å². The lowest BCUT2D eigenvalue weighted by molar-refractivity contribution is 0.102. The van der Waals surface area contributed by atoms with Crippen LogP contribution in [0.2, 0.25) is 0 Å². The van der Waals surface area contributed by atoms with E-state index in [1.165, 1.54) is 36.1 Å². The van der Waals surface area contributed by atoms with E-state index in [4.69, 9.17) is 14.0 Å². The zero-order valence-electron chi connectivity index (χ0n) is 18.4. The Labute approximate surface area is 188 Å². The van der Waals surface area contributed by atoms with Gasteiger partial charge in [-0.2, -0.15) is 4.68 Å². The maximum absolute atomic E-state index is 14.4. The summed E-state index contributed by atoms with van der Waals surface area (Å²) in [4.78, 5) is 12.8. The maximum Gasteiger partial charge on any atom is 0.255 e. The van der Waals surface area contributed by atoms with Crippen LogP contribution in [0.4, 0.5) is 10.1 Å². The molecule has 4 rings (SSSR count). The lowest BCUT2D eigenvalue weighted by Crippen LogP contribution is -2.14. The Morgan fingerprint density at radius 3 is 2.64 bits per heavy atom. The number of rotatable bonds is 7. The molecular weight excluding hydrogens is 431 g/mol. The van der Waals surface area contributed by atoms with Crippen LogP contribution in [0, 0.1) is 26.6 Å². The molecule has 2 heterocycles. The van der Waals surface area contributed by atoms with Crippen LogP contribution in [0.25, 0.3) is 5.69 Å². The summed E-state index contributed by atoms with van der Waals surface area (Å²) >= 11 is 0. The summed E-state index contributed by atoms with van der Waals surface area (Å²) in [6, 6.07) is 8.90. The Morgan fingerprint density at radius 2 is 1.97 bits per heavy atom. The van der Waals surface area contributed by atoms with Crippen LogP contribution in [-0.4, -0.2) is 38.4 Å². The maximum atomic E-state index is 14.4. The van der Waals surface area contributed by atoms with Crippen molar-refractivity contribution in [3.8, 4) is 17.2 Å². The molecule has 33 heavy (non-hydrogen) atoms. The van der Waals surface area contributed by atoms with Crippen molar-refractivity contribution in [2.24, 2.45) is 0 Å². The van der Waals surface area contributed by atoms with Gasteiger partial charge in [-0.15, -0.1) is 5.10 Å². The summed E-state index contributed by atoms with van der Waals surface area (Å²) in [5.41, 5.74) is 2.34. The van der Waals surface area contributed by atoms with Crippen LogP contribution in [0.15, 0.2) is 40.9 Å². The number of anilines is 1. The van der Waals surface area contributed by atoms with Gasteiger partial charge in [-0.3, -0.25) is 4.79 Å². The fourth-order valence-electron chi connectivity index (χ4n) is 3.19. The fourth-order valence-corrected chi connectivity index (χ4v) is 3.19. The van der Waals surface area contributed by atoms with Crippen LogP contribution < -0.4 is 14.8 Å². The van der Waals surface area contributed by atoms with Crippen molar-refractivity contribution < 1.29 is 23.2 Å². The van der Waals surface area contributed by atoms with Crippen molar-refractivity contribution in [2.75, 3.05) is 12.4 Å². The molecular formula is C22H21FN6O4. The number of nitrogens with zero attached hydrogens (tertiary/aromatic N) is 5. The van der Waals surface area contributed by atoms with E-state index >= 15 is 0 Å². The SMILES string of the molecule is COc1cc(C(=O)Nc2cc(-n3nnnc3C)ccc2F)ccc1OCc1c(C)noc1C. The number of amides is 1. The molecule has 170 valence electrons. The summed E-state index contributed by atoms with van der Waals surface area (Å²) in [6.07, 6.45) is 0. The van der Waals surface area contributed by atoms with Crippen molar-refractivity contribution >= 4 is 11.6 Å². The van der Waals surface area contributed by atoms with E-state index < -0.39 is 11.7 Å². The summed E-state index contributed by atoms with van der Waals surface area (Å²) in [7, 11) is 1.47. The molecule has 1 amide bonds. The van der Waals surface area contributed by atoms with Gasteiger partial charge in [-0.25, -0.2) is 4.39 Å². The third kappa shape index (κ3) is 4.52. The Hall–Kier alpha value is -4.28. The van der Waals surface area contributed by atoms with E-state index in [-0.39, 0.29) is 17.9 Å². The standard InChI is InChI=1S/C22H21FN6O4/c1-12-17(13(2)33-26-12)11-32-20-8-5-15(9-21(20)31-4)22(30)24-19-10-16(6-7-18(19)23)29-14(3)25-27-28-29/h5-10H,11H2,1-4H3,(H,24,30). The highest BCUT2D eigenvalue weighted by atomic mass is 19.1. The number of nitrogens with one attached hydrogen (secondary N) is 1. The molecule has 2 aromatic carbocycles. The zero-order valence-corrected chi connectivity index (χ0v) is 18.4. The first-order valence-corrected chi connectivity index (χ1v) is 9.96. The van der Waals surface area contributed by atoms with E-state index in [9.17, 15) is 9.18 Å². The third-order valence-corrected chi connectivity index (χ3v) is 5.05. The van der Waals surface area contributed by atoms with Gasteiger partial charge in [0.1, 0.15) is 18.2 Å². The first-order valence-electron chi connectivity index (χ1n) is 9.96. The number of carbonyl (C=O) groups is 1. The fraction of sp³-hybridized carbons (Fsp3) is 0.227. The third-order valence-electron chi connectivity index (χ3n) is 5.05. The first kappa shape index (κ1) is 21.9. The summed E-state index contributed by atoms with van der Waals surface area (Å²) in [5.74, 6) is 0.878. The second-order valence-corrected chi connectivity index (χ2v) is 7.21. The number of hydrogen-bond acceptors (Lipinski definition) is 8. The van der Waals surface area contributed by atoms with Crippen LogP contribution in [0.3, 0.4) is 0 Å². The van der Waals surface area contributed by atoms with Crippen LogP contribution in [0.5, 0.6) is 11.5 Å². The largest absolute Gasteiger partial charge is 0.493 e. The molecule has 0 fully saturated rings. The Kier molecular flexibility index (Phi) is 6.03. The number of aryl methyl sites for hydroxylation is 3. The monoisotopic (exact) mass is 452 g/mol. The van der Waals surface area contributed by atoms with Gasteiger partial charge in [0.05, 0.1) is 29.7 Å². The van der Waals surface area contributed by atoms with E-state index in [0.717, 1.165) is 11.3 Å². The smallest absolute Gasteiger partial charge is 0.255 e. The molecule has 2 aromatic heterocycles. The Morgan fingerprint density at radius 1 is 1.15 bits per heavy atom. The first-order chi connectivity index (χ1) is 15.9. The molecule has 0 aliphatic heterocycles. The van der Waals surface area contributed by atoms with Gasteiger partial charge in [0.2, 0.25) is 0 Å². The number of benzene rings is 2. The van der Waals surface area contributed by atoms with Crippen molar-refractivity contribution in [1.82, 2.24) is 25.4 Å². The van der Waals surface area contributed by atoms with Gasteiger partial charge < -0.3 is 19.3 Å². The van der Waals surface area contributed by atoms with Gasteiger partial charge >= 0.3 is 0 Å². The number of halogens is 1. The van der Waals surface area contributed by atoms with Gasteiger partial charge in [0.25, 0.3) is 5.91 Å². The zero-order chi connectivity index (χ0) is 23.5. The van der Waals surface area contributed by atoms with Gasteiger partial charge in [-0.05, 0) is 67.6 Å². The molecule has 0 bridgehead atoms. The number of methoxy groups -OCH3 is 1. The topological polar surface area (TPSA) is 117 Å². The number of ether oxygens (including phenoxy) is 2. The highest BCUT2D eigenvalue weighted by Gasteiger charge is 2.16. The average Bonchev–Trinajstić information content (AvgIpc) is 3.38. The molecule has 0 aliphatic rings. The van der Waals surface area contributed by atoms with Gasteiger partial charge in [-0.1, -0.05) is 5.16 Å². The number of tetrazole rings is 1. The lowest BCUT2D eigenvalue weighted by atomic mass is 10.1. The molecule has 0 atom stereocenters. The van der Waals surface area contributed by atoms with E-state index in [2.05, 4.69) is 26.0 Å². The van der Waals surface area contributed by atoms with Crippen LogP contribution >= 0.6 is 0 Å². The Bertz CT molecular complexity index is 1300. The second-order valence-electron chi connectivity index (χ2n) is 7.21. The predicted octanol–water partition coefficient (Wildman–Crippen LogP) is 3.55. The molecule has 11 heteroatoms. The van der Waals surface area contributed by atoms with Crippen molar-refractivity contribution in [3.63, 3.8) is 0 Å². The van der Waals surface area contributed by atoms with Crippen molar-refractivity contribution in [3.05, 3.63) is 70.6 Å². The van der Waals surface area contributed by atoms with Crippen molar-refractivity contribution in [2.45, 2.75) is 27.4 Å². The normalized spacial score (nSPS) is 10.8. The molecule has 0 saturated carbocycles. The molecule has 4 aromatic rings. The molecule has 10 nitrogen and oxygen atoms in total. The predicted molar refractivity (Wildman–Crippen MR) is 115 cm³/mol. The number of aromatic nitrogens is 5. The number of carbonyl (C=O) groups excluding carboxylic acids is 1. The molecule has 0 unspecified atom stereocenters. The van der Waals surface area contributed by atoms with E-state index in [0.29, 0.717) is 28.8 Å². The number of hydrogen-bond donors (Lipinski definition) is 1. The van der Waals surface area contributed by atoms with Crippen LogP contribution in [0.1, 0.15) is 33.2 Å². The summed E-state index contributed by atoms with van der Waals surface area (Å²) < 4.78 is 32.2. The quantitative estimate of drug-likeness (QED) is 0.452. The molecule has 1 N–H and O–H groups in total. The van der Waals surface area contributed by atoms with Gasteiger partial charge in [0.15, 0.2) is 17.3 Å². The summed E-state index contributed by atoms with van der Waals surface area (Å²) in [5, 5.41) is 17.7. The molecule has 0 radical (unpaired) electrons.